The molecule has 0 aromatic heterocycles. The number of hydrogen-bond acceptors (Lipinski definition) is 7. The summed E-state index contributed by atoms with van der Waals surface area (Å²) in [4.78, 5) is 46.5. The molecule has 4 rings (SSSR count). The van der Waals surface area contributed by atoms with Crippen molar-refractivity contribution in [1.29, 1.82) is 0 Å². The molecule has 0 amide bonds. The van der Waals surface area contributed by atoms with Gasteiger partial charge in [-0.3, -0.25) is 14.4 Å². The molecule has 0 heterocycles. The Hall–Kier alpha value is -4.46. The summed E-state index contributed by atoms with van der Waals surface area (Å²) in [7, 11) is 1.52. The third-order valence-corrected chi connectivity index (χ3v) is 7.22. The predicted octanol–water partition coefficient (Wildman–Crippen LogP) is 8.81. The maximum absolute atomic E-state index is 12.3. The summed E-state index contributed by atoms with van der Waals surface area (Å²) in [5.41, 5.74) is 4.30. The van der Waals surface area contributed by atoms with E-state index in [0.717, 1.165) is 22.3 Å². The van der Waals surface area contributed by atoms with E-state index in [2.05, 4.69) is 0 Å². The van der Waals surface area contributed by atoms with Gasteiger partial charge in [-0.15, -0.1) is 0 Å². The van der Waals surface area contributed by atoms with Crippen LogP contribution in [-0.4, -0.2) is 42.1 Å². The van der Waals surface area contributed by atoms with Gasteiger partial charge in [0.15, 0.2) is 11.6 Å². The summed E-state index contributed by atoms with van der Waals surface area (Å²) >= 11 is 11.7. The van der Waals surface area contributed by atoms with Crippen LogP contribution in [0.2, 0.25) is 10.0 Å². The number of carbonyl (C=O) groups is 4. The minimum Gasteiger partial charge on any atom is -0.507 e. The Bertz CT molecular complexity index is 1650. The van der Waals surface area contributed by atoms with E-state index < -0.39 is 0 Å². The molecule has 0 aliphatic carbocycles. The molecule has 0 fully saturated rings. The second kappa shape index (κ2) is 17.1. The molecule has 4 aromatic rings. The van der Waals surface area contributed by atoms with E-state index in [0.29, 0.717) is 28.0 Å². The number of esters is 1. The molecular formula is C36H34Cl2O7. The monoisotopic (exact) mass is 648 g/mol. The third-order valence-electron chi connectivity index (χ3n) is 6.72. The van der Waals surface area contributed by atoms with Crippen molar-refractivity contribution in [3.8, 4) is 33.8 Å². The number of phenolic OH excluding ortho intramolecular Hbond substituents is 1. The molecule has 0 atom stereocenters. The van der Waals surface area contributed by atoms with Crippen molar-refractivity contribution < 1.29 is 33.8 Å². The number of ketones is 3. The van der Waals surface area contributed by atoms with Crippen molar-refractivity contribution in [2.24, 2.45) is 0 Å². The SMILES string of the molecule is CC(=O)CCC(=O)c1ccc(-c2ccc(Cl)cc2)cc1O.CCOC(=O)CCC(=O)c1ccc(-c2ccc(Cl)cc2)cc1OC. The highest BCUT2D eigenvalue weighted by atomic mass is 35.5. The quantitative estimate of drug-likeness (QED) is 0.121. The van der Waals surface area contributed by atoms with Crippen molar-refractivity contribution in [1.82, 2.24) is 0 Å². The molecule has 0 bridgehead atoms. The number of ether oxygens (including phenoxy) is 2. The molecule has 4 aromatic carbocycles. The van der Waals surface area contributed by atoms with Gasteiger partial charge in [0.1, 0.15) is 17.3 Å². The highest BCUT2D eigenvalue weighted by molar-refractivity contribution is 6.31. The molecule has 45 heavy (non-hydrogen) atoms. The average Bonchev–Trinajstić information content (AvgIpc) is 3.03. The molecule has 0 spiro atoms. The molecule has 0 radical (unpaired) electrons. The minimum atomic E-state index is -0.373. The zero-order valence-electron chi connectivity index (χ0n) is 25.3. The molecule has 234 valence electrons. The van der Waals surface area contributed by atoms with E-state index in [9.17, 15) is 24.3 Å². The Balaban J connectivity index is 0.000000248. The summed E-state index contributed by atoms with van der Waals surface area (Å²) in [5, 5.41) is 11.3. The van der Waals surface area contributed by atoms with Crippen LogP contribution in [0, 0.1) is 0 Å². The lowest BCUT2D eigenvalue weighted by Gasteiger charge is -2.10. The fourth-order valence-electron chi connectivity index (χ4n) is 4.34. The number of Topliss-reactive ketones (excluding diaryl/α,β-unsaturated/α-hetero) is 3. The highest BCUT2D eigenvalue weighted by Crippen LogP contribution is 2.30. The van der Waals surface area contributed by atoms with Gasteiger partial charge in [-0.2, -0.15) is 0 Å². The number of rotatable bonds is 12. The average molecular weight is 650 g/mol. The number of aromatic hydroxyl groups is 1. The standard InChI is InChI=1S/C19H19ClO4.C17H15ClO3/c1-3-24-19(22)11-10-17(21)16-9-6-14(12-18(16)23-2)13-4-7-15(20)8-5-13;1-11(19)2-9-16(20)15-8-5-13(10-17(15)21)12-3-6-14(18)7-4-12/h4-9,12H,3,10-11H2,1-2H3;3-8,10,21H,2,9H2,1H3. The second-order valence-corrected chi connectivity index (χ2v) is 10.9. The highest BCUT2D eigenvalue weighted by Gasteiger charge is 2.16. The van der Waals surface area contributed by atoms with Crippen molar-refractivity contribution in [3.63, 3.8) is 0 Å². The fraction of sp³-hybridized carbons (Fsp3) is 0.222. The van der Waals surface area contributed by atoms with Crippen LogP contribution in [0.3, 0.4) is 0 Å². The van der Waals surface area contributed by atoms with Gasteiger partial charge in [0, 0.05) is 29.3 Å². The van der Waals surface area contributed by atoms with Gasteiger partial charge in [0.05, 0.1) is 31.3 Å². The Morgan fingerprint density at radius 1 is 0.644 bits per heavy atom. The summed E-state index contributed by atoms with van der Waals surface area (Å²) in [5.74, 6) is -0.386. The third kappa shape index (κ3) is 10.6. The van der Waals surface area contributed by atoms with E-state index in [1.54, 1.807) is 49.4 Å². The van der Waals surface area contributed by atoms with Crippen LogP contribution in [-0.2, 0) is 14.3 Å². The van der Waals surface area contributed by atoms with Gasteiger partial charge in [-0.05, 0) is 84.6 Å². The zero-order valence-corrected chi connectivity index (χ0v) is 26.8. The lowest BCUT2D eigenvalue weighted by molar-refractivity contribution is -0.143. The lowest BCUT2D eigenvalue weighted by Crippen LogP contribution is -2.09. The van der Waals surface area contributed by atoms with Crippen LogP contribution in [0.25, 0.3) is 22.3 Å². The van der Waals surface area contributed by atoms with Crippen LogP contribution in [0.15, 0.2) is 84.9 Å². The summed E-state index contributed by atoms with van der Waals surface area (Å²) in [6, 6.07) is 24.9. The largest absolute Gasteiger partial charge is 0.507 e. The van der Waals surface area contributed by atoms with Crippen LogP contribution in [0.5, 0.6) is 11.5 Å². The zero-order chi connectivity index (χ0) is 32.9. The van der Waals surface area contributed by atoms with Crippen LogP contribution >= 0.6 is 23.2 Å². The molecule has 0 aliphatic rings. The van der Waals surface area contributed by atoms with Crippen LogP contribution in [0.4, 0.5) is 0 Å². The molecule has 9 heteroatoms. The molecule has 7 nitrogen and oxygen atoms in total. The Kier molecular flexibility index (Phi) is 13.3. The van der Waals surface area contributed by atoms with Gasteiger partial charge in [-0.25, -0.2) is 0 Å². The number of carbonyl (C=O) groups excluding carboxylic acids is 4. The second-order valence-electron chi connectivity index (χ2n) is 10.0. The minimum absolute atomic E-state index is 0.0411. The summed E-state index contributed by atoms with van der Waals surface area (Å²) in [6.45, 7) is 3.49. The van der Waals surface area contributed by atoms with Crippen molar-refractivity contribution in [2.75, 3.05) is 13.7 Å². The van der Waals surface area contributed by atoms with Gasteiger partial charge >= 0.3 is 5.97 Å². The number of methoxy groups -OCH3 is 1. The van der Waals surface area contributed by atoms with Crippen LogP contribution < -0.4 is 4.74 Å². The number of halogens is 2. The molecule has 1 N–H and O–H groups in total. The maximum atomic E-state index is 12.3. The fourth-order valence-corrected chi connectivity index (χ4v) is 4.59. The van der Waals surface area contributed by atoms with E-state index in [1.807, 2.05) is 42.5 Å². The topological polar surface area (TPSA) is 107 Å². The molecule has 0 unspecified atom stereocenters. The van der Waals surface area contributed by atoms with E-state index in [4.69, 9.17) is 32.7 Å². The number of benzene rings is 4. The van der Waals surface area contributed by atoms with Crippen molar-refractivity contribution in [2.45, 2.75) is 39.5 Å². The van der Waals surface area contributed by atoms with E-state index in [1.165, 1.54) is 14.0 Å². The molecule has 0 saturated carbocycles. The first-order valence-corrected chi connectivity index (χ1v) is 15.0. The summed E-state index contributed by atoms with van der Waals surface area (Å²) in [6.07, 6.45) is 0.463. The van der Waals surface area contributed by atoms with Gasteiger partial charge in [0.2, 0.25) is 0 Å². The van der Waals surface area contributed by atoms with Crippen LogP contribution in [0.1, 0.15) is 60.2 Å². The Morgan fingerprint density at radius 3 is 1.60 bits per heavy atom. The van der Waals surface area contributed by atoms with Crippen molar-refractivity contribution >= 4 is 46.5 Å². The Morgan fingerprint density at radius 2 is 1.11 bits per heavy atom. The first kappa shape index (κ1) is 35.0. The predicted molar refractivity (Wildman–Crippen MR) is 176 cm³/mol. The van der Waals surface area contributed by atoms with E-state index >= 15 is 0 Å². The van der Waals surface area contributed by atoms with Crippen molar-refractivity contribution in [3.05, 3.63) is 106 Å². The lowest BCUT2D eigenvalue weighted by atomic mass is 9.99. The normalized spacial score (nSPS) is 10.3. The molecule has 0 aliphatic heterocycles. The van der Waals surface area contributed by atoms with E-state index in [-0.39, 0.29) is 60.3 Å². The first-order valence-electron chi connectivity index (χ1n) is 14.3. The number of hydrogen-bond donors (Lipinski definition) is 1. The summed E-state index contributed by atoms with van der Waals surface area (Å²) < 4.78 is 10.2. The number of phenols is 1. The van der Waals surface area contributed by atoms with Gasteiger partial charge < -0.3 is 19.4 Å². The maximum Gasteiger partial charge on any atom is 0.306 e. The molecular weight excluding hydrogens is 615 g/mol. The smallest absolute Gasteiger partial charge is 0.306 e. The molecule has 0 saturated heterocycles. The Labute approximate surface area is 272 Å². The first-order chi connectivity index (χ1) is 21.5. The van der Waals surface area contributed by atoms with Gasteiger partial charge in [-0.1, -0.05) is 59.6 Å². The van der Waals surface area contributed by atoms with Gasteiger partial charge in [0.25, 0.3) is 0 Å².